The van der Waals surface area contributed by atoms with Gasteiger partial charge in [0.1, 0.15) is 11.6 Å². The van der Waals surface area contributed by atoms with Gasteiger partial charge in [0, 0.05) is 32.9 Å². The number of rotatable bonds is 6. The zero-order valence-electron chi connectivity index (χ0n) is 39.1. The Bertz CT molecular complexity index is 4250. The summed E-state index contributed by atoms with van der Waals surface area (Å²) in [6.07, 6.45) is 0. The molecular formula is C66H34F2N6. The fraction of sp³-hybridized carbons (Fsp3) is 0. The Morgan fingerprint density at radius 2 is 0.527 bits per heavy atom. The molecule has 0 bridgehead atoms. The largest absolute Gasteiger partial charge is 0.309 e. The number of benzene rings is 11. The lowest BCUT2D eigenvalue weighted by Gasteiger charge is -2.21. The first-order valence-corrected chi connectivity index (χ1v) is 23.8. The molecule has 13 aromatic rings. The number of fused-ring (bicyclic) bond motifs is 8. The zero-order valence-corrected chi connectivity index (χ0v) is 39.1. The first-order chi connectivity index (χ1) is 36.3. The van der Waals surface area contributed by atoms with Gasteiger partial charge in [0.15, 0.2) is 0 Å². The predicted molar refractivity (Wildman–Crippen MR) is 291 cm³/mol. The summed E-state index contributed by atoms with van der Waals surface area (Å²) in [6.45, 7) is 0. The maximum atomic E-state index is 14.1. The third kappa shape index (κ3) is 6.95. The van der Waals surface area contributed by atoms with Crippen LogP contribution in [0.4, 0.5) is 8.78 Å². The van der Waals surface area contributed by atoms with E-state index in [1.54, 1.807) is 24.3 Å². The van der Waals surface area contributed by atoms with E-state index in [2.05, 4.69) is 118 Å². The Morgan fingerprint density at radius 3 is 0.811 bits per heavy atom. The normalized spacial score (nSPS) is 11.3. The predicted octanol–water partition coefficient (Wildman–Crippen LogP) is 16.6. The van der Waals surface area contributed by atoms with Gasteiger partial charge in [-0.15, -0.1) is 0 Å². The molecule has 11 aromatic carbocycles. The Hall–Kier alpha value is -10.6. The van der Waals surface area contributed by atoms with E-state index < -0.39 is 0 Å². The van der Waals surface area contributed by atoms with Crippen molar-refractivity contribution < 1.29 is 8.78 Å². The van der Waals surface area contributed by atoms with Crippen molar-refractivity contribution in [3.05, 3.63) is 240 Å². The second-order valence-electron chi connectivity index (χ2n) is 18.4. The van der Waals surface area contributed by atoms with Gasteiger partial charge in [0.05, 0.1) is 68.6 Å². The van der Waals surface area contributed by atoms with Crippen LogP contribution in [0.15, 0.2) is 206 Å². The first kappa shape index (κ1) is 43.4. The average Bonchev–Trinajstić information content (AvgIpc) is 3.98. The zero-order chi connectivity index (χ0) is 50.2. The van der Waals surface area contributed by atoms with Gasteiger partial charge in [-0.05, 0) is 187 Å². The second kappa shape index (κ2) is 17.0. The highest BCUT2D eigenvalue weighted by atomic mass is 19.1. The van der Waals surface area contributed by atoms with Crippen molar-refractivity contribution in [3.8, 4) is 80.2 Å². The van der Waals surface area contributed by atoms with Gasteiger partial charge in [-0.1, -0.05) is 84.9 Å². The van der Waals surface area contributed by atoms with Crippen LogP contribution in [-0.2, 0) is 0 Å². The Labute approximate surface area is 422 Å². The number of nitrogens with zero attached hydrogens (tertiary/aromatic N) is 6. The fourth-order valence-corrected chi connectivity index (χ4v) is 10.9. The van der Waals surface area contributed by atoms with Crippen LogP contribution in [-0.4, -0.2) is 9.13 Å². The molecule has 0 fully saturated rings. The van der Waals surface area contributed by atoms with Crippen LogP contribution in [0.25, 0.3) is 121 Å². The average molecular weight is 949 g/mol. The summed E-state index contributed by atoms with van der Waals surface area (Å²) in [5.41, 5.74) is 14.9. The molecule has 8 heteroatoms. The molecule has 0 N–H and O–H groups in total. The molecule has 0 radical (unpaired) electrons. The number of aromatic nitrogens is 2. The highest BCUT2D eigenvalue weighted by molar-refractivity contribution is 6.23. The second-order valence-corrected chi connectivity index (χ2v) is 18.4. The molecule has 0 amide bonds. The van der Waals surface area contributed by atoms with Crippen LogP contribution in [0.5, 0.6) is 0 Å². The van der Waals surface area contributed by atoms with E-state index in [9.17, 15) is 29.8 Å². The summed E-state index contributed by atoms with van der Waals surface area (Å²) >= 11 is 0. The molecular weight excluding hydrogens is 915 g/mol. The van der Waals surface area contributed by atoms with Crippen LogP contribution in [0, 0.1) is 57.0 Å². The lowest BCUT2D eigenvalue weighted by Crippen LogP contribution is -1.98. The molecule has 0 unspecified atom stereocenters. The van der Waals surface area contributed by atoms with E-state index in [0.29, 0.717) is 22.3 Å². The molecule has 0 aliphatic heterocycles. The molecule has 0 spiro atoms. The highest BCUT2D eigenvalue weighted by Gasteiger charge is 2.22. The van der Waals surface area contributed by atoms with Crippen molar-refractivity contribution in [2.45, 2.75) is 0 Å². The van der Waals surface area contributed by atoms with E-state index in [4.69, 9.17) is 0 Å². The van der Waals surface area contributed by atoms with Crippen molar-refractivity contribution in [3.63, 3.8) is 0 Å². The summed E-state index contributed by atoms with van der Waals surface area (Å²) in [7, 11) is 0. The van der Waals surface area contributed by atoms with Crippen LogP contribution in [0.2, 0.25) is 0 Å². The molecule has 0 saturated carbocycles. The monoisotopic (exact) mass is 948 g/mol. The molecule has 0 saturated heterocycles. The lowest BCUT2D eigenvalue weighted by molar-refractivity contribution is 0.627. The summed E-state index contributed by atoms with van der Waals surface area (Å²) < 4.78 is 32.6. The van der Waals surface area contributed by atoms with Crippen molar-refractivity contribution >= 4 is 65.2 Å². The molecule has 13 rings (SSSR count). The molecule has 6 nitrogen and oxygen atoms in total. The number of hydrogen-bond acceptors (Lipinski definition) is 4. The maximum Gasteiger partial charge on any atom is 0.123 e. The third-order valence-corrected chi connectivity index (χ3v) is 14.3. The van der Waals surface area contributed by atoms with Gasteiger partial charge < -0.3 is 9.13 Å². The van der Waals surface area contributed by atoms with Gasteiger partial charge in [0.25, 0.3) is 0 Å². The number of nitriles is 4. The van der Waals surface area contributed by atoms with Gasteiger partial charge in [-0.25, -0.2) is 8.78 Å². The van der Waals surface area contributed by atoms with Crippen LogP contribution >= 0.6 is 0 Å². The summed E-state index contributed by atoms with van der Waals surface area (Å²) in [5.74, 6) is -0.606. The Kier molecular flexibility index (Phi) is 9.99. The molecule has 2 heterocycles. The van der Waals surface area contributed by atoms with Crippen molar-refractivity contribution in [2.75, 3.05) is 0 Å². The van der Waals surface area contributed by atoms with Crippen LogP contribution in [0.3, 0.4) is 0 Å². The van der Waals surface area contributed by atoms with Crippen molar-refractivity contribution in [2.24, 2.45) is 0 Å². The quantitative estimate of drug-likeness (QED) is 0.155. The Balaban J connectivity index is 1.13. The summed E-state index contributed by atoms with van der Waals surface area (Å²) in [5, 5.41) is 47.2. The molecule has 0 atom stereocenters. The van der Waals surface area contributed by atoms with Crippen molar-refractivity contribution in [1.82, 2.24) is 9.13 Å². The van der Waals surface area contributed by atoms with Crippen molar-refractivity contribution in [1.29, 1.82) is 21.0 Å². The van der Waals surface area contributed by atoms with Gasteiger partial charge in [0.2, 0.25) is 0 Å². The van der Waals surface area contributed by atoms with E-state index in [1.165, 1.54) is 24.3 Å². The first-order valence-electron chi connectivity index (χ1n) is 23.8. The summed E-state index contributed by atoms with van der Waals surface area (Å²) in [4.78, 5) is 0. The number of hydrogen-bond donors (Lipinski definition) is 0. The van der Waals surface area contributed by atoms with E-state index in [-0.39, 0.29) is 11.6 Å². The lowest BCUT2D eigenvalue weighted by atomic mass is 9.85. The SMILES string of the molecule is N#Cc1ccc2c(c1)c1cc(C#N)ccc1n2-c1ccc2c(-c3ccc(-c4ccc(F)cc4)cc3)c3cc(-n4c5ccc(C#N)cc5c5cc(C#N)ccc54)ccc3c(-c3ccc(-c4ccc(F)cc4)cc3)c2c1. The molecule has 342 valence electrons. The molecule has 2 aromatic heterocycles. The standard InChI is InChI=1S/C66H34F2N6/c67-49-17-13-45(14-18-49)43-5-9-47(10-6-43)65-54-24-22-52(74-63-27-3-41(37-71)31-57(63)58-32-42(38-72)4-28-64(58)74)34-60(54)66(48-11-7-44(8-12-48)46-15-19-50(68)20-16-46)53-23-21-51(33-59(53)65)73-61-25-1-39(35-69)29-55(61)56-30-40(36-70)2-26-62(56)73/h1-34H. The van der Waals surface area contributed by atoms with E-state index in [0.717, 1.165) is 121 Å². The molecule has 0 aliphatic rings. The minimum Gasteiger partial charge on any atom is -0.309 e. The minimum atomic E-state index is -0.303. The number of halogens is 2. The van der Waals surface area contributed by atoms with Gasteiger partial charge in [-0.3, -0.25) is 0 Å². The minimum absolute atomic E-state index is 0.303. The third-order valence-electron chi connectivity index (χ3n) is 14.3. The van der Waals surface area contributed by atoms with E-state index in [1.807, 2.05) is 72.8 Å². The highest BCUT2D eigenvalue weighted by Crippen LogP contribution is 2.47. The Morgan fingerprint density at radius 1 is 0.257 bits per heavy atom. The molecule has 0 aliphatic carbocycles. The van der Waals surface area contributed by atoms with Gasteiger partial charge in [-0.2, -0.15) is 21.0 Å². The van der Waals surface area contributed by atoms with Gasteiger partial charge >= 0.3 is 0 Å². The van der Waals surface area contributed by atoms with E-state index >= 15 is 0 Å². The molecule has 74 heavy (non-hydrogen) atoms. The van der Waals surface area contributed by atoms with Crippen LogP contribution in [0.1, 0.15) is 22.3 Å². The maximum absolute atomic E-state index is 14.1. The van der Waals surface area contributed by atoms with Crippen LogP contribution < -0.4 is 0 Å². The smallest absolute Gasteiger partial charge is 0.123 e. The topological polar surface area (TPSA) is 105 Å². The fourth-order valence-electron chi connectivity index (χ4n) is 10.9. The summed E-state index contributed by atoms with van der Waals surface area (Å²) in [6, 6.07) is 74.6.